The number of hydrogen-bond acceptors (Lipinski definition) is 7. The molecule has 4 amide bonds. The maximum absolute atomic E-state index is 13.8. The van der Waals surface area contributed by atoms with Gasteiger partial charge in [-0.05, 0) is 48.7 Å². The van der Waals surface area contributed by atoms with Gasteiger partial charge in [-0.25, -0.2) is 27.2 Å². The highest BCUT2D eigenvalue weighted by Crippen LogP contribution is 2.28. The van der Waals surface area contributed by atoms with E-state index in [4.69, 9.17) is 4.74 Å². The van der Waals surface area contributed by atoms with Crippen LogP contribution in [0.3, 0.4) is 0 Å². The van der Waals surface area contributed by atoms with Crippen molar-refractivity contribution in [2.24, 2.45) is 0 Å². The second-order valence-electron chi connectivity index (χ2n) is 10.2. The van der Waals surface area contributed by atoms with Crippen molar-refractivity contribution < 1.29 is 27.5 Å². The van der Waals surface area contributed by atoms with Crippen molar-refractivity contribution in [3.05, 3.63) is 95.6 Å². The smallest absolute Gasteiger partial charge is 0.419 e. The average Bonchev–Trinajstić information content (AvgIpc) is 3.35. The molecule has 10 nitrogen and oxygen atoms in total. The third-order valence-corrected chi connectivity index (χ3v) is 9.14. The third-order valence-electron chi connectivity index (χ3n) is 7.38. The molecule has 0 radical (unpaired) electrons. The summed E-state index contributed by atoms with van der Waals surface area (Å²) in [6.07, 6.45) is -1.07. The predicted octanol–water partition coefficient (Wildman–Crippen LogP) is 3.78. The maximum Gasteiger partial charge on any atom is 0.419 e. The first-order valence-electron chi connectivity index (χ1n) is 13.4. The van der Waals surface area contributed by atoms with Crippen molar-refractivity contribution in [1.29, 1.82) is 0 Å². The molecule has 41 heavy (non-hydrogen) atoms. The van der Waals surface area contributed by atoms with Crippen LogP contribution in [0.1, 0.15) is 16.7 Å². The lowest BCUT2D eigenvalue weighted by molar-refractivity contribution is -0.135. The Hall–Kier alpha value is -4.38. The minimum atomic E-state index is -4.32. The summed E-state index contributed by atoms with van der Waals surface area (Å²) in [4.78, 5) is 44.8. The third kappa shape index (κ3) is 5.76. The van der Waals surface area contributed by atoms with Gasteiger partial charge in [-0.1, -0.05) is 60.7 Å². The molecular weight excluding hydrogens is 544 g/mol. The van der Waals surface area contributed by atoms with Gasteiger partial charge in [0.05, 0.1) is 11.4 Å². The van der Waals surface area contributed by atoms with Crippen molar-refractivity contribution in [1.82, 2.24) is 14.1 Å². The molecule has 1 atom stereocenters. The first-order valence-corrected chi connectivity index (χ1v) is 14.8. The number of carbonyl (C=O) groups is 3. The van der Waals surface area contributed by atoms with Crippen LogP contribution in [0.4, 0.5) is 15.3 Å². The summed E-state index contributed by atoms with van der Waals surface area (Å²) in [7, 11) is -4.32. The molecule has 2 aliphatic rings. The summed E-state index contributed by atoms with van der Waals surface area (Å²) in [6, 6.07) is 20.1. The lowest BCUT2D eigenvalue weighted by Crippen LogP contribution is -2.55. The number of carbonyl (C=O) groups excluding carboxylic acids is 3. The van der Waals surface area contributed by atoms with Gasteiger partial charge in [-0.3, -0.25) is 4.79 Å². The number of benzene rings is 3. The van der Waals surface area contributed by atoms with E-state index in [0.29, 0.717) is 40.9 Å². The topological polar surface area (TPSA) is 108 Å². The van der Waals surface area contributed by atoms with Gasteiger partial charge in [-0.15, -0.1) is 0 Å². The summed E-state index contributed by atoms with van der Waals surface area (Å²) in [6.45, 7) is 5.27. The Balaban J connectivity index is 1.36. The second kappa shape index (κ2) is 11.6. The molecule has 5 rings (SSSR count). The van der Waals surface area contributed by atoms with Gasteiger partial charge in [-0.2, -0.15) is 0 Å². The minimum absolute atomic E-state index is 0.110. The molecule has 0 saturated carbocycles. The van der Waals surface area contributed by atoms with Crippen molar-refractivity contribution in [2.45, 2.75) is 31.4 Å². The van der Waals surface area contributed by atoms with E-state index in [0.717, 1.165) is 16.8 Å². The molecule has 214 valence electrons. The summed E-state index contributed by atoms with van der Waals surface area (Å²) in [5.41, 5.74) is 4.05. The number of ether oxygens (including phenoxy) is 1. The van der Waals surface area contributed by atoms with Crippen LogP contribution >= 0.6 is 0 Å². The van der Waals surface area contributed by atoms with Crippen LogP contribution in [0.15, 0.2) is 83.8 Å². The van der Waals surface area contributed by atoms with E-state index in [1.807, 2.05) is 19.9 Å². The Morgan fingerprint density at radius 2 is 1.51 bits per heavy atom. The van der Waals surface area contributed by atoms with Gasteiger partial charge in [0.1, 0.15) is 12.6 Å². The molecule has 0 unspecified atom stereocenters. The van der Waals surface area contributed by atoms with E-state index in [1.165, 1.54) is 24.3 Å². The van der Waals surface area contributed by atoms with E-state index in [-0.39, 0.29) is 11.5 Å². The highest BCUT2D eigenvalue weighted by Gasteiger charge is 2.52. The SMILES string of the molecule is Cc1ccc(C)c(N2CCN(C(=O)[C@@H]3CN(S(=O)(=O)c4ccccc4)C(=O)N3C(=O)OCc3ccccc3)CC2)c1. The van der Waals surface area contributed by atoms with Crippen LogP contribution in [-0.4, -0.2) is 79.3 Å². The normalized spacial score (nSPS) is 17.6. The summed E-state index contributed by atoms with van der Waals surface area (Å²) < 4.78 is 32.7. The number of nitrogens with zero attached hydrogens (tertiary/aromatic N) is 4. The van der Waals surface area contributed by atoms with Crippen molar-refractivity contribution in [3.63, 3.8) is 0 Å². The molecule has 3 aromatic carbocycles. The Morgan fingerprint density at radius 3 is 2.17 bits per heavy atom. The molecule has 2 saturated heterocycles. The molecule has 0 spiro atoms. The van der Waals surface area contributed by atoms with Crippen LogP contribution < -0.4 is 4.90 Å². The highest BCUT2D eigenvalue weighted by atomic mass is 32.2. The number of hydrogen-bond donors (Lipinski definition) is 0. The molecule has 2 fully saturated rings. The van der Waals surface area contributed by atoms with Crippen molar-refractivity contribution in [3.8, 4) is 0 Å². The van der Waals surface area contributed by atoms with Crippen molar-refractivity contribution >= 4 is 33.7 Å². The van der Waals surface area contributed by atoms with E-state index < -0.39 is 40.6 Å². The number of sulfonamides is 1. The minimum Gasteiger partial charge on any atom is -0.444 e. The molecular formula is C30H32N4O6S. The average molecular weight is 577 g/mol. The first-order chi connectivity index (χ1) is 19.7. The zero-order valence-corrected chi connectivity index (χ0v) is 23.8. The number of rotatable bonds is 6. The fourth-order valence-corrected chi connectivity index (χ4v) is 6.50. The Kier molecular flexibility index (Phi) is 7.98. The fourth-order valence-electron chi connectivity index (χ4n) is 5.11. The summed E-state index contributed by atoms with van der Waals surface area (Å²) in [5.74, 6) is -0.499. The summed E-state index contributed by atoms with van der Waals surface area (Å²) >= 11 is 0. The number of urea groups is 1. The molecule has 0 N–H and O–H groups in total. The van der Waals surface area contributed by atoms with Crippen molar-refractivity contribution in [2.75, 3.05) is 37.6 Å². The monoisotopic (exact) mass is 576 g/mol. The maximum atomic E-state index is 13.8. The van der Waals surface area contributed by atoms with Crippen LogP contribution in [-0.2, 0) is 26.2 Å². The first kappa shape index (κ1) is 28.2. The van der Waals surface area contributed by atoms with Gasteiger partial charge in [0.25, 0.3) is 10.0 Å². The van der Waals surface area contributed by atoms with E-state index in [1.54, 1.807) is 35.2 Å². The highest BCUT2D eigenvalue weighted by molar-refractivity contribution is 7.89. The fraction of sp³-hybridized carbons (Fsp3) is 0.300. The number of piperazine rings is 1. The number of amides is 4. The standard InChI is InChI=1S/C30H32N4O6S/c1-22-13-14-23(2)26(19-22)31-15-17-32(18-16-31)28(35)27-20-33(41(38,39)25-11-7-4-8-12-25)29(36)34(27)30(37)40-21-24-9-5-3-6-10-24/h3-14,19,27H,15-18,20-21H2,1-2H3/t27-/m0/s1. The molecule has 0 aromatic heterocycles. The Morgan fingerprint density at radius 1 is 0.878 bits per heavy atom. The molecule has 0 aliphatic carbocycles. The molecule has 11 heteroatoms. The number of imide groups is 1. The summed E-state index contributed by atoms with van der Waals surface area (Å²) in [5, 5.41) is 0. The van der Waals surface area contributed by atoms with Gasteiger partial charge >= 0.3 is 12.1 Å². The second-order valence-corrected chi connectivity index (χ2v) is 12.0. The quantitative estimate of drug-likeness (QED) is 0.440. The van der Waals surface area contributed by atoms with Gasteiger partial charge < -0.3 is 14.5 Å². The van der Waals surface area contributed by atoms with Gasteiger partial charge in [0.2, 0.25) is 5.91 Å². The van der Waals surface area contributed by atoms with Crippen LogP contribution in [0, 0.1) is 13.8 Å². The van der Waals surface area contributed by atoms with E-state index in [2.05, 4.69) is 23.1 Å². The largest absolute Gasteiger partial charge is 0.444 e. The van der Waals surface area contributed by atoms with Crippen LogP contribution in [0.2, 0.25) is 0 Å². The lowest BCUT2D eigenvalue weighted by atomic mass is 10.1. The molecule has 2 aliphatic heterocycles. The lowest BCUT2D eigenvalue weighted by Gasteiger charge is -2.38. The zero-order valence-electron chi connectivity index (χ0n) is 23.0. The number of aryl methyl sites for hydroxylation is 2. The van der Waals surface area contributed by atoms with E-state index >= 15 is 0 Å². The molecule has 2 heterocycles. The molecule has 0 bridgehead atoms. The van der Waals surface area contributed by atoms with Gasteiger partial charge in [0.15, 0.2) is 0 Å². The van der Waals surface area contributed by atoms with E-state index in [9.17, 15) is 22.8 Å². The van der Waals surface area contributed by atoms with Crippen LogP contribution in [0.25, 0.3) is 0 Å². The molecule has 3 aromatic rings. The van der Waals surface area contributed by atoms with Gasteiger partial charge in [0, 0.05) is 31.9 Å². The Labute approximate surface area is 239 Å². The zero-order chi connectivity index (χ0) is 29.1. The van der Waals surface area contributed by atoms with Crippen LogP contribution in [0.5, 0.6) is 0 Å². The predicted molar refractivity (Wildman–Crippen MR) is 153 cm³/mol. The number of anilines is 1. The Bertz CT molecular complexity index is 1540.